The first-order chi connectivity index (χ1) is 24.5. The summed E-state index contributed by atoms with van der Waals surface area (Å²) in [6.07, 6.45) is 1.46. The zero-order chi connectivity index (χ0) is 36.8. The molecule has 4 aromatic rings. The number of aliphatic hydroxyl groups excluding tert-OH is 1. The number of carbonyl (C=O) groups is 3. The molecule has 11 nitrogen and oxygen atoms in total. The Kier molecular flexibility index (Phi) is 15.4. The number of amides is 4. The van der Waals surface area contributed by atoms with Crippen LogP contribution in [0.15, 0.2) is 77.8 Å². The van der Waals surface area contributed by atoms with E-state index in [1.165, 1.54) is 11.3 Å². The molecule has 274 valence electrons. The summed E-state index contributed by atoms with van der Waals surface area (Å²) >= 11 is 3.01. The maximum Gasteiger partial charge on any atom is 0.407 e. The third kappa shape index (κ3) is 13.1. The Morgan fingerprint density at radius 1 is 0.902 bits per heavy atom. The van der Waals surface area contributed by atoms with Crippen LogP contribution in [0.3, 0.4) is 0 Å². The lowest BCUT2D eigenvalue weighted by Gasteiger charge is -2.30. The minimum absolute atomic E-state index is 0.0682. The first-order valence-electron chi connectivity index (χ1n) is 17.3. The molecule has 0 spiro atoms. The van der Waals surface area contributed by atoms with Gasteiger partial charge in [-0.05, 0) is 36.3 Å². The van der Waals surface area contributed by atoms with Crippen molar-refractivity contribution in [1.29, 1.82) is 0 Å². The summed E-state index contributed by atoms with van der Waals surface area (Å²) in [6, 6.07) is 16.9. The van der Waals surface area contributed by atoms with Gasteiger partial charge in [-0.2, -0.15) is 0 Å². The highest BCUT2D eigenvalue weighted by atomic mass is 32.1. The molecule has 1 unspecified atom stereocenters. The highest BCUT2D eigenvalue weighted by Crippen LogP contribution is 2.20. The van der Waals surface area contributed by atoms with Crippen LogP contribution in [-0.2, 0) is 35.4 Å². The Hall–Kier alpha value is -4.33. The fraction of sp³-hybridized carbons (Fsp3) is 0.447. The van der Waals surface area contributed by atoms with Gasteiger partial charge in [-0.25, -0.2) is 14.6 Å². The lowest BCUT2D eigenvalue weighted by atomic mass is 9.93. The third-order valence-electron chi connectivity index (χ3n) is 8.43. The van der Waals surface area contributed by atoms with E-state index >= 15 is 0 Å². The SMILES string of the molecule is CC(C)c1nc(CCN(C)C(=O)NC(C(=O)N[C@@H](Cc2ccccc2)C[C@H](O)[C@H](Cc2ccccc2)NC(=O)OCc2cncs2)C(C)C)cs1. The number of aromatic nitrogens is 2. The quantitative estimate of drug-likeness (QED) is 0.0989. The molecule has 51 heavy (non-hydrogen) atoms. The van der Waals surface area contributed by atoms with Crippen LogP contribution >= 0.6 is 22.7 Å². The van der Waals surface area contributed by atoms with E-state index in [4.69, 9.17) is 4.74 Å². The van der Waals surface area contributed by atoms with Crippen LogP contribution < -0.4 is 16.0 Å². The highest BCUT2D eigenvalue weighted by molar-refractivity contribution is 7.09. The Labute approximate surface area is 308 Å². The number of nitrogens with one attached hydrogen (secondary N) is 3. The highest BCUT2D eigenvalue weighted by Gasteiger charge is 2.31. The molecule has 0 aliphatic rings. The molecule has 4 rings (SSSR count). The Balaban J connectivity index is 1.44. The second kappa shape index (κ2) is 19.9. The predicted molar refractivity (Wildman–Crippen MR) is 202 cm³/mol. The zero-order valence-corrected chi connectivity index (χ0v) is 31.6. The molecule has 0 bridgehead atoms. The molecule has 0 radical (unpaired) electrons. The Bertz CT molecular complexity index is 1630. The van der Waals surface area contributed by atoms with E-state index in [1.807, 2.05) is 79.9 Å². The first-order valence-corrected chi connectivity index (χ1v) is 19.1. The average Bonchev–Trinajstić information content (AvgIpc) is 3.82. The molecule has 2 aromatic heterocycles. The molecular weight excluding hydrogens is 685 g/mol. The normalized spacial score (nSPS) is 13.6. The number of likely N-dealkylation sites (N-methyl/N-ethyl adjacent to an activating group) is 1. The van der Waals surface area contributed by atoms with Crippen molar-refractivity contribution in [2.75, 3.05) is 13.6 Å². The molecule has 0 aliphatic heterocycles. The summed E-state index contributed by atoms with van der Waals surface area (Å²) in [7, 11) is 1.71. The largest absolute Gasteiger partial charge is 0.444 e. The lowest BCUT2D eigenvalue weighted by Crippen LogP contribution is -2.56. The van der Waals surface area contributed by atoms with Crippen LogP contribution in [-0.4, -0.2) is 75.8 Å². The molecule has 0 saturated carbocycles. The molecule has 4 atom stereocenters. The molecule has 2 heterocycles. The summed E-state index contributed by atoms with van der Waals surface area (Å²) in [6.45, 7) is 8.49. The van der Waals surface area contributed by atoms with Crippen molar-refractivity contribution < 1.29 is 24.2 Å². The van der Waals surface area contributed by atoms with Gasteiger partial charge in [0, 0.05) is 43.5 Å². The summed E-state index contributed by atoms with van der Waals surface area (Å²) in [5, 5.41) is 23.7. The van der Waals surface area contributed by atoms with Crippen molar-refractivity contribution in [2.45, 2.75) is 90.1 Å². The number of hydrogen-bond acceptors (Lipinski definition) is 9. The molecular formula is C38H50N6O5S2. The standard InChI is InChI=1S/C38H50N6O5S2/c1-25(2)34(43-37(47)44(5)17-16-29-23-50-36(41-29)26(3)4)35(46)40-30(18-27-12-8-6-9-13-27)20-33(45)32(19-28-14-10-7-11-15-28)42-38(48)49-22-31-21-39-24-51-31/h6-15,21,23-26,30,32-34,45H,16-20,22H2,1-5H3,(H,40,46)(H,42,48)(H,43,47)/t30-,32-,33-,34?/m0/s1. The summed E-state index contributed by atoms with van der Waals surface area (Å²) in [5.74, 6) is -0.209. The maximum atomic E-state index is 13.9. The lowest BCUT2D eigenvalue weighted by molar-refractivity contribution is -0.124. The van der Waals surface area contributed by atoms with Crippen molar-refractivity contribution in [2.24, 2.45) is 5.92 Å². The van der Waals surface area contributed by atoms with Crippen molar-refractivity contribution in [3.05, 3.63) is 104 Å². The monoisotopic (exact) mass is 734 g/mol. The Morgan fingerprint density at radius 2 is 1.57 bits per heavy atom. The van der Waals surface area contributed by atoms with E-state index in [0.717, 1.165) is 26.7 Å². The van der Waals surface area contributed by atoms with Crippen molar-refractivity contribution >= 4 is 40.7 Å². The Morgan fingerprint density at radius 3 is 2.16 bits per heavy atom. The molecule has 0 saturated heterocycles. The summed E-state index contributed by atoms with van der Waals surface area (Å²) < 4.78 is 5.43. The third-order valence-corrected chi connectivity index (χ3v) is 10.4. The number of carbonyl (C=O) groups excluding carboxylic acids is 3. The number of hydrogen-bond donors (Lipinski definition) is 4. The van der Waals surface area contributed by atoms with E-state index in [0.29, 0.717) is 31.7 Å². The first kappa shape index (κ1) is 39.5. The van der Waals surface area contributed by atoms with Crippen LogP contribution in [0.5, 0.6) is 0 Å². The van der Waals surface area contributed by atoms with Gasteiger partial charge in [-0.15, -0.1) is 22.7 Å². The van der Waals surface area contributed by atoms with E-state index < -0.39 is 30.3 Å². The van der Waals surface area contributed by atoms with Crippen LogP contribution in [0.25, 0.3) is 0 Å². The molecule has 0 aliphatic carbocycles. The van der Waals surface area contributed by atoms with Gasteiger partial charge in [0.15, 0.2) is 0 Å². The maximum absolute atomic E-state index is 13.9. The van der Waals surface area contributed by atoms with Gasteiger partial charge >= 0.3 is 12.1 Å². The van der Waals surface area contributed by atoms with Crippen molar-refractivity contribution in [1.82, 2.24) is 30.8 Å². The second-order valence-corrected chi connectivity index (χ2v) is 15.2. The van der Waals surface area contributed by atoms with E-state index in [2.05, 4.69) is 39.8 Å². The van der Waals surface area contributed by atoms with Gasteiger partial charge < -0.3 is 30.7 Å². The average molecular weight is 735 g/mol. The van der Waals surface area contributed by atoms with Crippen molar-refractivity contribution in [3.63, 3.8) is 0 Å². The number of urea groups is 1. The smallest absolute Gasteiger partial charge is 0.407 e. The zero-order valence-electron chi connectivity index (χ0n) is 30.0. The van der Waals surface area contributed by atoms with Gasteiger partial charge in [0.25, 0.3) is 0 Å². The fourth-order valence-corrected chi connectivity index (χ4v) is 6.87. The van der Waals surface area contributed by atoms with Gasteiger partial charge in [0.2, 0.25) is 5.91 Å². The minimum atomic E-state index is -1.05. The molecule has 0 fully saturated rings. The number of thiazole rings is 2. The number of ether oxygens (including phenoxy) is 1. The van der Waals surface area contributed by atoms with Gasteiger partial charge in [0.1, 0.15) is 12.6 Å². The van der Waals surface area contributed by atoms with Crippen LogP contribution in [0, 0.1) is 5.92 Å². The number of nitrogens with zero attached hydrogens (tertiary/aromatic N) is 3. The van der Waals surface area contributed by atoms with E-state index in [9.17, 15) is 19.5 Å². The van der Waals surface area contributed by atoms with Gasteiger partial charge in [-0.3, -0.25) is 9.78 Å². The molecule has 2 aromatic carbocycles. The van der Waals surface area contributed by atoms with E-state index in [1.54, 1.807) is 35.0 Å². The molecule has 4 amide bonds. The molecule has 4 N–H and O–H groups in total. The number of benzene rings is 2. The molecule has 13 heteroatoms. The number of aliphatic hydroxyl groups is 1. The van der Waals surface area contributed by atoms with Gasteiger partial charge in [-0.1, -0.05) is 88.4 Å². The predicted octanol–water partition coefficient (Wildman–Crippen LogP) is 5.95. The summed E-state index contributed by atoms with van der Waals surface area (Å²) in [4.78, 5) is 51.1. The number of alkyl carbamates (subject to hydrolysis) is 1. The topological polar surface area (TPSA) is 146 Å². The fourth-order valence-electron chi connectivity index (χ4n) is 5.50. The van der Waals surface area contributed by atoms with Crippen LogP contribution in [0.4, 0.5) is 9.59 Å². The van der Waals surface area contributed by atoms with Crippen LogP contribution in [0.2, 0.25) is 0 Å². The number of rotatable bonds is 18. The minimum Gasteiger partial charge on any atom is -0.444 e. The van der Waals surface area contributed by atoms with Gasteiger partial charge in [0.05, 0.1) is 33.2 Å². The van der Waals surface area contributed by atoms with Crippen molar-refractivity contribution in [3.8, 4) is 0 Å². The van der Waals surface area contributed by atoms with E-state index in [-0.39, 0.29) is 30.9 Å². The summed E-state index contributed by atoms with van der Waals surface area (Å²) in [5.41, 5.74) is 4.50. The van der Waals surface area contributed by atoms with Crippen LogP contribution in [0.1, 0.15) is 66.7 Å². The second-order valence-electron chi connectivity index (χ2n) is 13.4.